The lowest BCUT2D eigenvalue weighted by atomic mass is 9.79. The summed E-state index contributed by atoms with van der Waals surface area (Å²) in [6.07, 6.45) is 12.2. The first-order valence-electron chi connectivity index (χ1n) is 26.8. The zero-order valence-corrected chi connectivity index (χ0v) is 44.8. The molecule has 0 saturated carbocycles. The molecule has 0 radical (unpaired) electrons. The summed E-state index contributed by atoms with van der Waals surface area (Å²) >= 11 is 0. The van der Waals surface area contributed by atoms with Crippen LogP contribution >= 0.6 is 0 Å². The van der Waals surface area contributed by atoms with E-state index in [0.29, 0.717) is 108 Å². The summed E-state index contributed by atoms with van der Waals surface area (Å²) in [4.78, 5) is 77.6. The van der Waals surface area contributed by atoms with Gasteiger partial charge in [-0.05, 0) is 113 Å². The Bertz CT molecular complexity index is 2990. The van der Waals surface area contributed by atoms with Crippen LogP contribution < -0.4 is 36.4 Å². The number of pyridine rings is 1. The summed E-state index contributed by atoms with van der Waals surface area (Å²) in [5.74, 6) is -0.629. The molecule has 4 aromatic rings. The first-order valence-corrected chi connectivity index (χ1v) is 28.4. The van der Waals surface area contributed by atoms with Crippen LogP contribution in [-0.2, 0) is 25.1 Å². The third-order valence-corrected chi connectivity index (χ3v) is 15.9. The monoisotopic (exact) mass is 1060 g/mol. The molecule has 2 aromatic heterocycles. The van der Waals surface area contributed by atoms with Crippen LogP contribution in [0.15, 0.2) is 67.3 Å². The number of hydrogen-bond donors (Lipinski definition) is 6. The van der Waals surface area contributed by atoms with Gasteiger partial charge in [0, 0.05) is 88.9 Å². The van der Waals surface area contributed by atoms with Crippen molar-refractivity contribution < 1.29 is 41.8 Å². The fourth-order valence-electron chi connectivity index (χ4n) is 10.8. The average molecular weight is 1060 g/mol. The van der Waals surface area contributed by atoms with E-state index in [9.17, 15) is 37.3 Å². The Hall–Kier alpha value is -6.84. The molecule has 6 heterocycles. The number of amides is 3. The maximum absolute atomic E-state index is 13.9. The van der Waals surface area contributed by atoms with Gasteiger partial charge in [0.1, 0.15) is 17.9 Å². The highest BCUT2D eigenvalue weighted by molar-refractivity contribution is 7.85. The molecule has 0 atom stereocenters. The molecule has 7 N–H and O–H groups in total. The predicted molar refractivity (Wildman–Crippen MR) is 294 cm³/mol. The number of carboxylic acids is 1. The molecule has 4 aliphatic heterocycles. The molecule has 20 nitrogen and oxygen atoms in total. The van der Waals surface area contributed by atoms with Crippen LogP contribution in [0.5, 0.6) is 0 Å². The van der Waals surface area contributed by atoms with Crippen molar-refractivity contribution >= 4 is 73.8 Å². The summed E-state index contributed by atoms with van der Waals surface area (Å²) in [6.45, 7) is 14.8. The molecular weight excluding hydrogens is 989 g/mol. The average Bonchev–Trinajstić information content (AvgIpc) is 3.69. The maximum atomic E-state index is 13.9. The van der Waals surface area contributed by atoms with Gasteiger partial charge in [0.15, 0.2) is 5.71 Å². The van der Waals surface area contributed by atoms with Crippen molar-refractivity contribution in [3.8, 4) is 11.1 Å². The lowest BCUT2D eigenvalue weighted by Crippen LogP contribution is -2.46. The molecule has 21 heteroatoms. The summed E-state index contributed by atoms with van der Waals surface area (Å²) in [5.41, 5.74) is 10.0. The first kappa shape index (κ1) is 55.4. The number of carbonyl (C=O) groups is 4. The van der Waals surface area contributed by atoms with E-state index in [1.54, 1.807) is 18.2 Å². The Labute approximate surface area is 445 Å². The van der Waals surface area contributed by atoms with Crippen molar-refractivity contribution in [2.24, 2.45) is 11.7 Å². The van der Waals surface area contributed by atoms with Crippen molar-refractivity contribution in [1.82, 2.24) is 35.9 Å². The van der Waals surface area contributed by atoms with Crippen LogP contribution in [0.4, 0.5) is 23.5 Å². The number of hydrogen-bond acceptors (Lipinski definition) is 14. The van der Waals surface area contributed by atoms with Gasteiger partial charge in [-0.25, -0.2) is 4.98 Å². The van der Waals surface area contributed by atoms with Gasteiger partial charge in [0.2, 0.25) is 29.4 Å². The van der Waals surface area contributed by atoms with Gasteiger partial charge in [-0.2, -0.15) is 27.9 Å². The quantitative estimate of drug-likeness (QED) is 0.0259. The van der Waals surface area contributed by atoms with E-state index in [2.05, 4.69) is 66.7 Å². The largest absolute Gasteiger partial charge is 0.481 e. The van der Waals surface area contributed by atoms with E-state index in [1.165, 1.54) is 0 Å². The second kappa shape index (κ2) is 24.4. The molecule has 2 aromatic carbocycles. The number of piperidine rings is 3. The van der Waals surface area contributed by atoms with Crippen LogP contribution in [0.25, 0.3) is 21.9 Å². The van der Waals surface area contributed by atoms with Crippen molar-refractivity contribution in [2.45, 2.75) is 109 Å². The Balaban J connectivity index is 0.874. The summed E-state index contributed by atoms with van der Waals surface area (Å²) in [7, 11) is -4.18. The van der Waals surface area contributed by atoms with E-state index in [-0.39, 0.29) is 47.5 Å². The van der Waals surface area contributed by atoms with Gasteiger partial charge >= 0.3 is 5.97 Å². The number of nitrogens with one attached hydrogen (secondary N) is 3. The third-order valence-electron chi connectivity index (χ3n) is 15.1. The van der Waals surface area contributed by atoms with Gasteiger partial charge in [-0.1, -0.05) is 43.4 Å². The number of benzene rings is 2. The highest BCUT2D eigenvalue weighted by atomic mass is 32.2. The molecule has 0 spiro atoms. The number of fused-ring (bicyclic) bond motifs is 3. The second-order valence-corrected chi connectivity index (χ2v) is 22.4. The molecular formula is C55H73N12O8S+. The van der Waals surface area contributed by atoms with Crippen molar-refractivity contribution in [1.29, 1.82) is 0 Å². The van der Waals surface area contributed by atoms with Gasteiger partial charge in [-0.3, -0.25) is 23.7 Å². The second-order valence-electron chi connectivity index (χ2n) is 20.8. The van der Waals surface area contributed by atoms with Crippen LogP contribution in [0, 0.1) is 5.92 Å². The van der Waals surface area contributed by atoms with E-state index in [4.69, 9.17) is 20.7 Å². The van der Waals surface area contributed by atoms with Gasteiger partial charge in [-0.15, -0.1) is 0 Å². The number of allylic oxidation sites excluding steroid dienone is 3. The van der Waals surface area contributed by atoms with Crippen molar-refractivity contribution in [3.63, 3.8) is 0 Å². The van der Waals surface area contributed by atoms with Crippen molar-refractivity contribution in [3.05, 3.63) is 84.2 Å². The van der Waals surface area contributed by atoms with Crippen LogP contribution in [0.1, 0.15) is 118 Å². The van der Waals surface area contributed by atoms with Crippen molar-refractivity contribution in [2.75, 3.05) is 79.4 Å². The highest BCUT2D eigenvalue weighted by Gasteiger charge is 2.46. The van der Waals surface area contributed by atoms with E-state index in [1.807, 2.05) is 43.3 Å². The van der Waals surface area contributed by atoms with E-state index >= 15 is 0 Å². The zero-order chi connectivity index (χ0) is 54.1. The molecule has 3 saturated heterocycles. The van der Waals surface area contributed by atoms with Crippen LogP contribution in [0.2, 0.25) is 0 Å². The number of nitrogens with two attached hydrogens (primary N) is 1. The molecule has 3 amide bonds. The van der Waals surface area contributed by atoms with Gasteiger partial charge in [0.05, 0.1) is 22.5 Å². The number of rotatable bonds is 21. The minimum atomic E-state index is -4.18. The molecule has 4 aliphatic rings. The number of anilines is 3. The van der Waals surface area contributed by atoms with Gasteiger partial charge in [0.25, 0.3) is 21.9 Å². The molecule has 406 valence electrons. The number of carboxylic acid groups (broad SMARTS) is 1. The maximum Gasteiger partial charge on any atom is 0.306 e. The summed E-state index contributed by atoms with van der Waals surface area (Å²) in [6, 6.07) is 13.5. The molecule has 0 bridgehead atoms. The fraction of sp³-hybridized carbons (Fsp3) is 0.509. The van der Waals surface area contributed by atoms with Crippen LogP contribution in [0.3, 0.4) is 0 Å². The zero-order valence-electron chi connectivity index (χ0n) is 44.0. The summed E-state index contributed by atoms with van der Waals surface area (Å²) < 4.78 is 35.2. The minimum absolute atomic E-state index is 0.00632. The van der Waals surface area contributed by atoms with E-state index < -0.39 is 33.3 Å². The Morgan fingerprint density at radius 1 is 0.803 bits per heavy atom. The number of aliphatic carboxylic acids is 1. The predicted octanol–water partition coefficient (Wildman–Crippen LogP) is 5.54. The Kier molecular flexibility index (Phi) is 17.8. The Morgan fingerprint density at radius 3 is 1.96 bits per heavy atom. The molecule has 3 fully saturated rings. The SMILES string of the molecule is C=CC=CC1=[N+](CCCS(=O)(=O)O)c2c(cc(-c3cc(C(=O)NCC)nc(C(=O)NCCCCCC(=O)NC4CCN(c5nc(N6CCC(N)CC6)nc(N6CCC(C(=O)O)CC6)n5)CC4)c3)c3ccccc23)C1(C)C. The number of aromatic nitrogens is 4. The van der Waals surface area contributed by atoms with Gasteiger partial charge < -0.3 is 41.5 Å². The highest BCUT2D eigenvalue weighted by Crippen LogP contribution is 2.48. The lowest BCUT2D eigenvalue weighted by molar-refractivity contribution is -0.435. The topological polar surface area (TPSA) is 269 Å². The molecule has 0 unspecified atom stereocenters. The lowest BCUT2D eigenvalue weighted by Gasteiger charge is -2.35. The summed E-state index contributed by atoms with van der Waals surface area (Å²) in [5, 5.41) is 20.3. The minimum Gasteiger partial charge on any atom is -0.481 e. The smallest absolute Gasteiger partial charge is 0.306 e. The fourth-order valence-corrected chi connectivity index (χ4v) is 11.3. The molecule has 76 heavy (non-hydrogen) atoms. The standard InChI is InChI=1S/C55H72N12O8S/c1-5-7-16-46-55(3,4)43-35-42(40-14-10-11-15-41(40)48(43)67(46)25-13-32-76(73,74)75)37-33-44(49(69)57-6-2)60-45(34-37)50(70)58-24-12-8-9-17-47(68)59-39-22-30-66(31-23-39)54-62-52(64-26-18-36(19-27-64)51(71)72)61-53(63-54)65-28-20-38(56)21-29-65/h5,7,10-11,14-16,33-36,38-39H,1,6,8-9,12-13,17-32,56H2,2-4H3,(H4-,57,58,59,68,69,70,71,72,73,74,75)/p+1. The third kappa shape index (κ3) is 13.2. The molecule has 8 rings (SSSR count). The Morgan fingerprint density at radius 2 is 1.38 bits per heavy atom. The number of carbonyl (C=O) groups excluding carboxylic acids is 3. The van der Waals surface area contributed by atoms with E-state index in [0.717, 1.165) is 72.1 Å². The number of unbranched alkanes of at least 4 members (excludes halogenated alkanes) is 2. The number of nitrogens with zero attached hydrogens (tertiary/aromatic N) is 8. The molecule has 0 aliphatic carbocycles. The normalized spacial score (nSPS) is 17.6. The first-order chi connectivity index (χ1) is 36.4. The van der Waals surface area contributed by atoms with Crippen LogP contribution in [-0.4, -0.2) is 149 Å².